The highest BCUT2D eigenvalue weighted by atomic mass is 19.4. The van der Waals surface area contributed by atoms with Crippen LogP contribution in [-0.4, -0.2) is 27.2 Å². The summed E-state index contributed by atoms with van der Waals surface area (Å²) >= 11 is 0. The number of anilines is 1. The van der Waals surface area contributed by atoms with Gasteiger partial charge in [0.1, 0.15) is 5.82 Å². The van der Waals surface area contributed by atoms with E-state index in [9.17, 15) is 17.6 Å². The first-order valence-corrected chi connectivity index (χ1v) is 5.08. The Morgan fingerprint density at radius 1 is 1.29 bits per heavy atom. The molecule has 0 spiro atoms. The van der Waals surface area contributed by atoms with Gasteiger partial charge in [-0.15, -0.1) is 0 Å². The Hall–Kier alpha value is -1.30. The second-order valence-corrected chi connectivity index (χ2v) is 3.69. The first-order valence-electron chi connectivity index (χ1n) is 5.08. The Labute approximate surface area is 97.2 Å². The summed E-state index contributed by atoms with van der Waals surface area (Å²) in [5.41, 5.74) is -0.811. The van der Waals surface area contributed by atoms with E-state index in [4.69, 9.17) is 0 Å². The number of likely N-dealkylation sites (N-methyl/N-ethyl adjacent to an activating group) is 2. The van der Waals surface area contributed by atoms with Gasteiger partial charge < -0.3 is 10.2 Å². The van der Waals surface area contributed by atoms with Crippen LogP contribution in [0.15, 0.2) is 18.2 Å². The fourth-order valence-electron chi connectivity index (χ4n) is 1.38. The van der Waals surface area contributed by atoms with E-state index in [1.54, 1.807) is 19.0 Å². The Morgan fingerprint density at radius 2 is 1.94 bits per heavy atom. The van der Waals surface area contributed by atoms with Gasteiger partial charge in [0.2, 0.25) is 0 Å². The van der Waals surface area contributed by atoms with Gasteiger partial charge >= 0.3 is 6.18 Å². The molecule has 6 heteroatoms. The van der Waals surface area contributed by atoms with Crippen molar-refractivity contribution in [2.75, 3.05) is 32.1 Å². The van der Waals surface area contributed by atoms with Crippen molar-refractivity contribution in [2.24, 2.45) is 0 Å². The van der Waals surface area contributed by atoms with E-state index in [2.05, 4.69) is 5.32 Å². The number of halogens is 4. The Balaban J connectivity index is 2.89. The molecule has 0 saturated heterocycles. The van der Waals surface area contributed by atoms with Crippen molar-refractivity contribution < 1.29 is 17.6 Å². The molecular formula is C11H14F4N2. The average Bonchev–Trinajstić information content (AvgIpc) is 2.23. The molecule has 0 aliphatic heterocycles. The minimum atomic E-state index is -4.65. The fourth-order valence-corrected chi connectivity index (χ4v) is 1.38. The number of benzene rings is 1. The van der Waals surface area contributed by atoms with Crippen LogP contribution in [0.2, 0.25) is 0 Å². The third kappa shape index (κ3) is 3.59. The highest BCUT2D eigenvalue weighted by molar-refractivity contribution is 5.48. The zero-order valence-corrected chi connectivity index (χ0v) is 9.61. The van der Waals surface area contributed by atoms with Crippen LogP contribution in [0.1, 0.15) is 5.56 Å². The molecule has 0 heterocycles. The highest BCUT2D eigenvalue weighted by Crippen LogP contribution is 2.32. The van der Waals surface area contributed by atoms with Crippen molar-refractivity contribution in [3.63, 3.8) is 0 Å². The minimum Gasteiger partial charge on any atom is -0.373 e. The Bertz CT molecular complexity index is 376. The van der Waals surface area contributed by atoms with Crippen molar-refractivity contribution in [2.45, 2.75) is 6.18 Å². The molecule has 1 aromatic carbocycles. The predicted octanol–water partition coefficient (Wildman–Crippen LogP) is 2.50. The molecule has 1 aromatic rings. The van der Waals surface area contributed by atoms with Crippen molar-refractivity contribution in [1.82, 2.24) is 5.32 Å². The first-order chi connectivity index (χ1) is 7.86. The normalized spacial score (nSPS) is 11.6. The number of hydrogen-bond acceptors (Lipinski definition) is 2. The smallest absolute Gasteiger partial charge is 0.373 e. The summed E-state index contributed by atoms with van der Waals surface area (Å²) in [4.78, 5) is 1.68. The lowest BCUT2D eigenvalue weighted by molar-refractivity contribution is -0.139. The Kier molecular flexibility index (Phi) is 4.34. The minimum absolute atomic E-state index is 0.422. The lowest BCUT2D eigenvalue weighted by Crippen LogP contribution is -2.27. The summed E-state index contributed by atoms with van der Waals surface area (Å²) in [6.45, 7) is 1.25. The molecule has 2 nitrogen and oxygen atoms in total. The molecule has 0 aliphatic carbocycles. The molecule has 0 unspecified atom stereocenters. The molecule has 96 valence electrons. The van der Waals surface area contributed by atoms with Crippen LogP contribution in [-0.2, 0) is 6.18 Å². The monoisotopic (exact) mass is 250 g/mol. The molecule has 0 amide bonds. The van der Waals surface area contributed by atoms with Crippen molar-refractivity contribution in [3.8, 4) is 0 Å². The van der Waals surface area contributed by atoms with E-state index in [0.29, 0.717) is 18.8 Å². The number of hydrogen-bond donors (Lipinski definition) is 1. The molecule has 0 aromatic heterocycles. The van der Waals surface area contributed by atoms with Crippen LogP contribution < -0.4 is 10.2 Å². The van der Waals surface area contributed by atoms with Crippen LogP contribution in [0.3, 0.4) is 0 Å². The number of nitrogens with zero attached hydrogens (tertiary/aromatic N) is 1. The van der Waals surface area contributed by atoms with Gasteiger partial charge in [0.15, 0.2) is 0 Å². The van der Waals surface area contributed by atoms with Gasteiger partial charge in [-0.05, 0) is 25.2 Å². The average molecular weight is 250 g/mol. The molecular weight excluding hydrogens is 236 g/mol. The molecule has 0 bridgehead atoms. The van der Waals surface area contributed by atoms with Crippen molar-refractivity contribution >= 4 is 5.69 Å². The maximum Gasteiger partial charge on any atom is 0.419 e. The molecule has 0 aliphatic rings. The fraction of sp³-hybridized carbons (Fsp3) is 0.455. The predicted molar refractivity (Wildman–Crippen MR) is 58.6 cm³/mol. The van der Waals surface area contributed by atoms with Crippen molar-refractivity contribution in [3.05, 3.63) is 29.6 Å². The first kappa shape index (κ1) is 13.8. The van der Waals surface area contributed by atoms with Gasteiger partial charge in [0.05, 0.1) is 5.56 Å². The maximum atomic E-state index is 13.3. The van der Waals surface area contributed by atoms with E-state index >= 15 is 0 Å². The molecule has 1 N–H and O–H groups in total. The summed E-state index contributed by atoms with van der Waals surface area (Å²) < 4.78 is 50.2. The SMILES string of the molecule is CNCCN(C)c1ccc(C(F)(F)F)c(F)c1. The lowest BCUT2D eigenvalue weighted by Gasteiger charge is -2.20. The standard InChI is InChI=1S/C11H14F4N2/c1-16-5-6-17(2)8-3-4-9(10(12)7-8)11(13,14)15/h3-4,7,16H,5-6H2,1-2H3. The van der Waals surface area contributed by atoms with Crippen molar-refractivity contribution in [1.29, 1.82) is 0 Å². The Morgan fingerprint density at radius 3 is 2.41 bits per heavy atom. The zero-order chi connectivity index (χ0) is 13.1. The summed E-state index contributed by atoms with van der Waals surface area (Å²) in [6, 6.07) is 2.93. The molecule has 1 rings (SSSR count). The van der Waals surface area contributed by atoms with Crippen LogP contribution >= 0.6 is 0 Å². The maximum absolute atomic E-state index is 13.3. The lowest BCUT2D eigenvalue weighted by atomic mass is 10.1. The molecule has 0 saturated carbocycles. The molecule has 0 radical (unpaired) electrons. The number of alkyl halides is 3. The molecule has 0 atom stereocenters. The van der Waals surface area contributed by atoms with Gasteiger partial charge in [-0.3, -0.25) is 0 Å². The van der Waals surface area contributed by atoms with Gasteiger partial charge in [-0.1, -0.05) is 0 Å². The van der Waals surface area contributed by atoms with Crippen LogP contribution in [0, 0.1) is 5.82 Å². The van der Waals surface area contributed by atoms with Crippen LogP contribution in [0.5, 0.6) is 0 Å². The summed E-state index contributed by atoms with van der Waals surface area (Å²) in [7, 11) is 3.46. The quantitative estimate of drug-likeness (QED) is 0.826. The number of nitrogens with one attached hydrogen (secondary N) is 1. The summed E-state index contributed by atoms with van der Waals surface area (Å²) in [6.07, 6.45) is -4.65. The van der Waals surface area contributed by atoms with Gasteiger partial charge in [0.25, 0.3) is 0 Å². The van der Waals surface area contributed by atoms with E-state index in [-0.39, 0.29) is 0 Å². The van der Waals surface area contributed by atoms with Crippen LogP contribution in [0.4, 0.5) is 23.2 Å². The van der Waals surface area contributed by atoms with Crippen LogP contribution in [0.25, 0.3) is 0 Å². The van der Waals surface area contributed by atoms with E-state index in [1.165, 1.54) is 6.07 Å². The third-order valence-electron chi connectivity index (χ3n) is 2.40. The summed E-state index contributed by atoms with van der Waals surface area (Å²) in [5, 5.41) is 2.90. The van der Waals surface area contributed by atoms with E-state index in [1.807, 2.05) is 0 Å². The highest BCUT2D eigenvalue weighted by Gasteiger charge is 2.34. The second kappa shape index (κ2) is 5.35. The van der Waals surface area contributed by atoms with Gasteiger partial charge in [-0.25, -0.2) is 4.39 Å². The molecule has 0 fully saturated rings. The third-order valence-corrected chi connectivity index (χ3v) is 2.40. The second-order valence-electron chi connectivity index (χ2n) is 3.69. The zero-order valence-electron chi connectivity index (χ0n) is 9.61. The largest absolute Gasteiger partial charge is 0.419 e. The topological polar surface area (TPSA) is 15.3 Å². The number of rotatable bonds is 4. The summed E-state index contributed by atoms with van der Waals surface area (Å²) in [5.74, 6) is -1.24. The van der Waals surface area contributed by atoms with Gasteiger partial charge in [0, 0.05) is 25.8 Å². The van der Waals surface area contributed by atoms with Gasteiger partial charge in [-0.2, -0.15) is 13.2 Å². The van der Waals surface area contributed by atoms with E-state index in [0.717, 1.165) is 12.1 Å². The molecule has 17 heavy (non-hydrogen) atoms. The van der Waals surface area contributed by atoms with E-state index < -0.39 is 17.6 Å².